The largest absolute Gasteiger partial charge is 0.493 e. The second kappa shape index (κ2) is 10.8. The zero-order valence-corrected chi connectivity index (χ0v) is 23.3. The van der Waals surface area contributed by atoms with Crippen molar-refractivity contribution in [1.29, 1.82) is 5.41 Å². The number of guanidine groups is 1. The first-order chi connectivity index (χ1) is 19.4. The number of amides is 2. The van der Waals surface area contributed by atoms with Gasteiger partial charge >= 0.3 is 0 Å². The van der Waals surface area contributed by atoms with E-state index in [-0.39, 0.29) is 35.8 Å². The highest BCUT2D eigenvalue weighted by Crippen LogP contribution is 2.41. The Balaban J connectivity index is 1.42. The number of benzene rings is 2. The van der Waals surface area contributed by atoms with Gasteiger partial charge in [0.2, 0.25) is 5.91 Å². The molecule has 2 aromatic carbocycles. The van der Waals surface area contributed by atoms with Crippen molar-refractivity contribution < 1.29 is 23.8 Å². The van der Waals surface area contributed by atoms with E-state index in [1.165, 1.54) is 5.56 Å². The van der Waals surface area contributed by atoms with Crippen molar-refractivity contribution in [3.63, 3.8) is 0 Å². The van der Waals surface area contributed by atoms with Crippen molar-refractivity contribution in [2.24, 2.45) is 5.92 Å². The van der Waals surface area contributed by atoms with Crippen molar-refractivity contribution >= 4 is 17.8 Å². The highest BCUT2D eigenvalue weighted by molar-refractivity contribution is 6.00. The molecule has 1 saturated heterocycles. The third-order valence-electron chi connectivity index (χ3n) is 9.02. The average molecular weight is 547 g/mol. The molecular weight excluding hydrogens is 508 g/mol. The molecule has 3 N–H and O–H groups in total. The van der Waals surface area contributed by atoms with E-state index in [0.717, 1.165) is 49.0 Å². The average Bonchev–Trinajstić information content (AvgIpc) is 2.95. The second-order valence-corrected chi connectivity index (χ2v) is 11.5. The maximum atomic E-state index is 13.7. The molecule has 5 heterocycles. The molecular formula is C31H38N4O5. The van der Waals surface area contributed by atoms with E-state index in [0.29, 0.717) is 44.0 Å². The number of aryl methyl sites for hydroxylation is 1. The molecule has 212 valence electrons. The fourth-order valence-electron chi connectivity index (χ4n) is 6.76. The van der Waals surface area contributed by atoms with Crippen LogP contribution in [-0.2, 0) is 16.0 Å². The molecule has 5 aliphatic heterocycles. The van der Waals surface area contributed by atoms with Crippen LogP contribution in [0.2, 0.25) is 0 Å². The minimum absolute atomic E-state index is 0.0357. The van der Waals surface area contributed by atoms with Crippen LogP contribution in [0.25, 0.3) is 0 Å². The Morgan fingerprint density at radius 2 is 1.93 bits per heavy atom. The Hall–Kier alpha value is -3.59. The summed E-state index contributed by atoms with van der Waals surface area (Å²) in [6, 6.07) is 11.0. The van der Waals surface area contributed by atoms with E-state index in [1.807, 2.05) is 12.1 Å². The van der Waals surface area contributed by atoms with E-state index >= 15 is 0 Å². The van der Waals surface area contributed by atoms with Crippen molar-refractivity contribution in [2.45, 2.75) is 69.5 Å². The van der Waals surface area contributed by atoms with Crippen molar-refractivity contribution in [3.05, 3.63) is 58.7 Å². The zero-order chi connectivity index (χ0) is 27.9. The first-order valence-electron chi connectivity index (χ1n) is 14.4. The second-order valence-electron chi connectivity index (χ2n) is 11.5. The molecule has 0 saturated carbocycles. The first kappa shape index (κ1) is 26.6. The minimum Gasteiger partial charge on any atom is -0.493 e. The summed E-state index contributed by atoms with van der Waals surface area (Å²) in [5.41, 5.74) is 2.99. The van der Waals surface area contributed by atoms with Crippen LogP contribution in [0.5, 0.6) is 11.5 Å². The summed E-state index contributed by atoms with van der Waals surface area (Å²) in [7, 11) is 1.66. The maximum absolute atomic E-state index is 13.7. The van der Waals surface area contributed by atoms with Crippen LogP contribution in [-0.4, -0.2) is 55.1 Å². The van der Waals surface area contributed by atoms with Gasteiger partial charge < -0.3 is 24.8 Å². The standard InChI is InChI=1S/C31H38N4O5/c1-3-31-12-5-4-6-19-7-9-26-23(14-19)28(21(17-38-2)18-40-26)33-29(37)20-8-10-25-22(15-20)24(11-13-39-25)35(27(36)16-31)30(32)34-31/h7-10,14-15,21,24,28H,3-6,11-13,16-18H2,1-2H3,(H2,32,34)(H,33,37)/t21-,24+,28-,31+/m0/s1. The fourth-order valence-corrected chi connectivity index (χ4v) is 6.76. The minimum atomic E-state index is -0.423. The lowest BCUT2D eigenvalue weighted by Crippen LogP contribution is -2.63. The molecule has 0 unspecified atom stereocenters. The van der Waals surface area contributed by atoms with Crippen LogP contribution < -0.4 is 20.1 Å². The SMILES string of the molecule is CC[C@]12CCCCc3ccc4c(c3)[C@@H](NC(=O)c3ccc5c(c3)[C@@H](CCO5)N(C(=N)N1)C(=O)C2)[C@@H](COC)CO4. The number of nitrogens with zero attached hydrogens (tertiary/aromatic N) is 1. The monoisotopic (exact) mass is 546 g/mol. The van der Waals surface area contributed by atoms with Crippen LogP contribution in [0.1, 0.15) is 84.6 Å². The summed E-state index contributed by atoms with van der Waals surface area (Å²) < 4.78 is 17.5. The summed E-state index contributed by atoms with van der Waals surface area (Å²) in [4.78, 5) is 29.0. The van der Waals surface area contributed by atoms with E-state index in [2.05, 4.69) is 29.7 Å². The number of methoxy groups -OCH3 is 1. The molecule has 0 aromatic heterocycles. The molecule has 1 fully saturated rings. The van der Waals surface area contributed by atoms with Crippen molar-refractivity contribution in [1.82, 2.24) is 15.5 Å². The predicted octanol–water partition coefficient (Wildman–Crippen LogP) is 4.27. The summed E-state index contributed by atoms with van der Waals surface area (Å²) in [6.45, 7) is 3.44. The predicted molar refractivity (Wildman–Crippen MR) is 150 cm³/mol. The molecule has 9 nitrogen and oxygen atoms in total. The number of nitrogens with one attached hydrogen (secondary N) is 3. The van der Waals surface area contributed by atoms with Gasteiger partial charge in [0.05, 0.1) is 38.3 Å². The Bertz CT molecular complexity index is 1310. The van der Waals surface area contributed by atoms with Gasteiger partial charge in [-0.3, -0.25) is 19.9 Å². The van der Waals surface area contributed by atoms with E-state index in [9.17, 15) is 9.59 Å². The van der Waals surface area contributed by atoms with Crippen LogP contribution in [0, 0.1) is 11.3 Å². The molecule has 2 amide bonds. The molecule has 0 aliphatic carbocycles. The van der Waals surface area contributed by atoms with Gasteiger partial charge in [-0.15, -0.1) is 0 Å². The zero-order valence-electron chi connectivity index (χ0n) is 23.3. The summed E-state index contributed by atoms with van der Waals surface area (Å²) in [6.07, 6.45) is 5.26. The molecule has 7 rings (SSSR count). The Morgan fingerprint density at radius 1 is 1.10 bits per heavy atom. The van der Waals surface area contributed by atoms with Gasteiger partial charge in [-0.2, -0.15) is 0 Å². The number of carbonyl (C=O) groups is 2. The lowest BCUT2D eigenvalue weighted by molar-refractivity contribution is -0.133. The normalized spacial score (nSPS) is 28.0. The highest BCUT2D eigenvalue weighted by atomic mass is 16.5. The van der Waals surface area contributed by atoms with Gasteiger partial charge in [0.15, 0.2) is 5.96 Å². The third-order valence-corrected chi connectivity index (χ3v) is 9.02. The van der Waals surface area contributed by atoms with Crippen LogP contribution in [0.3, 0.4) is 0 Å². The Kier molecular flexibility index (Phi) is 7.16. The van der Waals surface area contributed by atoms with Gasteiger partial charge in [-0.05, 0) is 55.5 Å². The number of carbonyl (C=O) groups excluding carboxylic acids is 2. The van der Waals surface area contributed by atoms with Gasteiger partial charge in [-0.1, -0.05) is 25.5 Å². The molecule has 5 aliphatic rings. The maximum Gasteiger partial charge on any atom is 0.251 e. The summed E-state index contributed by atoms with van der Waals surface area (Å²) in [5, 5.41) is 15.6. The first-order valence-corrected chi connectivity index (χ1v) is 14.4. The van der Waals surface area contributed by atoms with Gasteiger partial charge in [0.25, 0.3) is 5.91 Å². The molecule has 0 radical (unpaired) electrons. The molecule has 4 atom stereocenters. The van der Waals surface area contributed by atoms with E-state index < -0.39 is 5.54 Å². The Labute approximate surface area is 235 Å². The summed E-state index contributed by atoms with van der Waals surface area (Å²) in [5.74, 6) is 1.28. The van der Waals surface area contributed by atoms with Crippen LogP contribution in [0.15, 0.2) is 36.4 Å². The quantitative estimate of drug-likeness (QED) is 0.530. The third kappa shape index (κ3) is 4.80. The fraction of sp³-hybridized carbons (Fsp3) is 0.516. The van der Waals surface area contributed by atoms with Gasteiger partial charge in [0, 0.05) is 41.7 Å². The number of fused-ring (bicyclic) bond motifs is 6. The van der Waals surface area contributed by atoms with Gasteiger partial charge in [0.1, 0.15) is 11.5 Å². The molecule has 0 spiro atoms. The number of ether oxygens (including phenoxy) is 3. The van der Waals surface area contributed by atoms with Gasteiger partial charge in [-0.25, -0.2) is 0 Å². The van der Waals surface area contributed by atoms with E-state index in [4.69, 9.17) is 19.6 Å². The lowest BCUT2D eigenvalue weighted by Gasteiger charge is -2.46. The number of rotatable bonds is 3. The van der Waals surface area contributed by atoms with E-state index in [1.54, 1.807) is 24.1 Å². The molecule has 40 heavy (non-hydrogen) atoms. The molecule has 6 bridgehead atoms. The van der Waals surface area contributed by atoms with Crippen LogP contribution >= 0.6 is 0 Å². The lowest BCUT2D eigenvalue weighted by atomic mass is 9.83. The van der Waals surface area contributed by atoms with Crippen molar-refractivity contribution in [3.8, 4) is 11.5 Å². The number of hydrogen-bond donors (Lipinski definition) is 3. The number of hydrogen-bond acceptors (Lipinski definition) is 6. The van der Waals surface area contributed by atoms with Crippen molar-refractivity contribution in [2.75, 3.05) is 26.9 Å². The molecule has 2 aromatic rings. The Morgan fingerprint density at radius 3 is 2.73 bits per heavy atom. The summed E-state index contributed by atoms with van der Waals surface area (Å²) >= 11 is 0. The van der Waals surface area contributed by atoms with Crippen LogP contribution in [0.4, 0.5) is 0 Å². The topological polar surface area (TPSA) is 113 Å². The molecule has 9 heteroatoms. The highest BCUT2D eigenvalue weighted by Gasteiger charge is 2.44. The smallest absolute Gasteiger partial charge is 0.251 e.